The molecule has 3 aliphatic rings. The van der Waals surface area contributed by atoms with E-state index in [1.54, 1.807) is 6.08 Å². The first-order valence-electron chi connectivity index (χ1n) is 4.39. The van der Waals surface area contributed by atoms with Gasteiger partial charge in [-0.15, -0.1) is 0 Å². The lowest BCUT2D eigenvalue weighted by Gasteiger charge is -2.27. The summed E-state index contributed by atoms with van der Waals surface area (Å²) in [4.78, 5) is 10.9. The van der Waals surface area contributed by atoms with E-state index in [2.05, 4.69) is 12.2 Å². The number of esters is 1. The molecule has 62 valence electrons. The van der Waals surface area contributed by atoms with Crippen LogP contribution in [0.15, 0.2) is 24.3 Å². The molecule has 0 N–H and O–H groups in total. The van der Waals surface area contributed by atoms with Crippen LogP contribution in [0.4, 0.5) is 0 Å². The van der Waals surface area contributed by atoms with Gasteiger partial charge < -0.3 is 4.74 Å². The predicted molar refractivity (Wildman–Crippen MR) is 43.3 cm³/mol. The molecule has 0 saturated heterocycles. The minimum absolute atomic E-state index is 0.170. The molecule has 0 amide bonds. The number of fused-ring (bicyclic) bond motifs is 3. The van der Waals surface area contributed by atoms with Crippen LogP contribution in [0.5, 0.6) is 0 Å². The molecule has 1 spiro atoms. The lowest BCUT2D eigenvalue weighted by Crippen LogP contribution is -2.32. The lowest BCUT2D eigenvalue weighted by atomic mass is 9.89. The zero-order valence-corrected chi connectivity index (χ0v) is 6.69. The van der Waals surface area contributed by atoms with E-state index in [0.29, 0.717) is 11.8 Å². The molecule has 2 aliphatic carbocycles. The third-order valence-corrected chi connectivity index (χ3v) is 3.17. The van der Waals surface area contributed by atoms with Crippen LogP contribution in [0.2, 0.25) is 0 Å². The van der Waals surface area contributed by atoms with Gasteiger partial charge in [0.25, 0.3) is 0 Å². The van der Waals surface area contributed by atoms with Gasteiger partial charge in [0.1, 0.15) is 5.60 Å². The third kappa shape index (κ3) is 0.631. The molecule has 12 heavy (non-hydrogen) atoms. The second-order valence-corrected chi connectivity index (χ2v) is 3.90. The zero-order chi connectivity index (χ0) is 8.18. The number of hydrogen-bond donors (Lipinski definition) is 0. The van der Waals surface area contributed by atoms with Gasteiger partial charge in [-0.25, -0.2) is 4.79 Å². The maximum Gasteiger partial charge on any atom is 0.331 e. The summed E-state index contributed by atoms with van der Waals surface area (Å²) in [7, 11) is 0. The summed E-state index contributed by atoms with van der Waals surface area (Å²) >= 11 is 0. The largest absolute Gasteiger partial charge is 0.451 e. The Bertz CT molecular complexity index is 303. The molecule has 1 heterocycles. The minimum Gasteiger partial charge on any atom is -0.451 e. The van der Waals surface area contributed by atoms with Crippen molar-refractivity contribution in [3.63, 3.8) is 0 Å². The van der Waals surface area contributed by atoms with Crippen molar-refractivity contribution in [3.05, 3.63) is 24.3 Å². The van der Waals surface area contributed by atoms with Gasteiger partial charge >= 0.3 is 5.97 Å². The number of ether oxygens (including phenoxy) is 1. The zero-order valence-electron chi connectivity index (χ0n) is 6.69. The normalized spacial score (nSPS) is 47.8. The Balaban J connectivity index is 2.00. The molecule has 1 saturated carbocycles. The van der Waals surface area contributed by atoms with Crippen LogP contribution in [0.3, 0.4) is 0 Å². The maximum atomic E-state index is 10.9. The van der Waals surface area contributed by atoms with Crippen molar-refractivity contribution in [2.75, 3.05) is 0 Å². The topological polar surface area (TPSA) is 26.3 Å². The number of rotatable bonds is 0. The van der Waals surface area contributed by atoms with Crippen molar-refractivity contribution in [2.45, 2.75) is 18.4 Å². The Morgan fingerprint density at radius 1 is 1.50 bits per heavy atom. The standard InChI is InChI=1S/C10H10O2/c11-9-3-4-10(12-9)6-7-1-2-8(10)5-7/h1-4,7-8H,5-6H2/t7-,8+,10-/m0/s1. The van der Waals surface area contributed by atoms with E-state index >= 15 is 0 Å². The SMILES string of the molecule is O=C1C=C[C@@]2(C[C@H]3C=C[C@@H]2C3)O1. The molecule has 0 radical (unpaired) electrons. The smallest absolute Gasteiger partial charge is 0.331 e. The molecule has 0 aromatic rings. The Kier molecular flexibility index (Phi) is 0.978. The average molecular weight is 162 g/mol. The van der Waals surface area contributed by atoms with Crippen LogP contribution >= 0.6 is 0 Å². The van der Waals surface area contributed by atoms with E-state index in [0.717, 1.165) is 12.8 Å². The fourth-order valence-corrected chi connectivity index (χ4v) is 2.62. The molecule has 0 unspecified atom stereocenters. The predicted octanol–water partition coefficient (Wildman–Crippen LogP) is 1.43. The first-order chi connectivity index (χ1) is 5.78. The van der Waals surface area contributed by atoms with Gasteiger partial charge in [0.2, 0.25) is 0 Å². The maximum absolute atomic E-state index is 10.9. The molecule has 2 nitrogen and oxygen atoms in total. The molecule has 2 heteroatoms. The van der Waals surface area contributed by atoms with Gasteiger partial charge in [-0.3, -0.25) is 0 Å². The molecule has 3 atom stereocenters. The summed E-state index contributed by atoms with van der Waals surface area (Å²) < 4.78 is 5.34. The number of carbonyl (C=O) groups excluding carboxylic acids is 1. The van der Waals surface area contributed by atoms with Crippen LogP contribution in [0, 0.1) is 11.8 Å². The Labute approximate surface area is 70.9 Å². The van der Waals surface area contributed by atoms with Crippen molar-refractivity contribution in [1.82, 2.24) is 0 Å². The molecule has 0 aromatic heterocycles. The molecule has 3 rings (SSSR count). The van der Waals surface area contributed by atoms with Crippen molar-refractivity contribution in [3.8, 4) is 0 Å². The number of carbonyl (C=O) groups is 1. The highest BCUT2D eigenvalue weighted by molar-refractivity contribution is 5.85. The van der Waals surface area contributed by atoms with Crippen LogP contribution < -0.4 is 0 Å². The van der Waals surface area contributed by atoms with Crippen LogP contribution in [-0.2, 0) is 9.53 Å². The van der Waals surface area contributed by atoms with Crippen molar-refractivity contribution >= 4 is 5.97 Å². The Morgan fingerprint density at radius 2 is 2.42 bits per heavy atom. The summed E-state index contributed by atoms with van der Waals surface area (Å²) in [5.41, 5.74) is -0.240. The van der Waals surface area contributed by atoms with Gasteiger partial charge in [0.15, 0.2) is 0 Å². The fourth-order valence-electron chi connectivity index (χ4n) is 2.62. The highest BCUT2D eigenvalue weighted by Gasteiger charge is 2.51. The first kappa shape index (κ1) is 6.46. The monoisotopic (exact) mass is 162 g/mol. The second kappa shape index (κ2) is 1.82. The summed E-state index contributed by atoms with van der Waals surface area (Å²) in [5.74, 6) is 0.923. The van der Waals surface area contributed by atoms with E-state index in [1.165, 1.54) is 0 Å². The molecular formula is C10H10O2. The van der Waals surface area contributed by atoms with E-state index in [4.69, 9.17) is 4.74 Å². The minimum atomic E-state index is -0.240. The number of hydrogen-bond acceptors (Lipinski definition) is 2. The highest BCUT2D eigenvalue weighted by atomic mass is 16.6. The van der Waals surface area contributed by atoms with E-state index < -0.39 is 0 Å². The second-order valence-electron chi connectivity index (χ2n) is 3.90. The summed E-state index contributed by atoms with van der Waals surface area (Å²) in [6, 6.07) is 0. The van der Waals surface area contributed by atoms with Crippen molar-refractivity contribution < 1.29 is 9.53 Å². The summed E-state index contributed by atoms with van der Waals surface area (Å²) in [5, 5.41) is 0. The van der Waals surface area contributed by atoms with Crippen LogP contribution in [0.25, 0.3) is 0 Å². The fraction of sp³-hybridized carbons (Fsp3) is 0.500. The van der Waals surface area contributed by atoms with Crippen LogP contribution in [-0.4, -0.2) is 11.6 Å². The van der Waals surface area contributed by atoms with E-state index in [9.17, 15) is 4.79 Å². The highest BCUT2D eigenvalue weighted by Crippen LogP contribution is 2.50. The van der Waals surface area contributed by atoms with Gasteiger partial charge in [0, 0.05) is 12.0 Å². The van der Waals surface area contributed by atoms with Crippen molar-refractivity contribution in [2.24, 2.45) is 11.8 Å². The molecule has 1 fully saturated rings. The van der Waals surface area contributed by atoms with Gasteiger partial charge in [-0.1, -0.05) is 12.2 Å². The molecule has 2 bridgehead atoms. The molecule has 1 aliphatic heterocycles. The number of allylic oxidation sites excluding steroid dienone is 1. The van der Waals surface area contributed by atoms with Gasteiger partial charge in [-0.2, -0.15) is 0 Å². The Hall–Kier alpha value is -1.05. The molecule has 0 aromatic carbocycles. The van der Waals surface area contributed by atoms with E-state index in [1.807, 2.05) is 6.08 Å². The van der Waals surface area contributed by atoms with E-state index in [-0.39, 0.29) is 11.6 Å². The summed E-state index contributed by atoms with van der Waals surface area (Å²) in [6.45, 7) is 0. The van der Waals surface area contributed by atoms with Crippen LogP contribution in [0.1, 0.15) is 12.8 Å². The Morgan fingerprint density at radius 3 is 2.92 bits per heavy atom. The average Bonchev–Trinajstić information content (AvgIpc) is 2.67. The van der Waals surface area contributed by atoms with Gasteiger partial charge in [0.05, 0.1) is 0 Å². The lowest BCUT2D eigenvalue weighted by molar-refractivity contribution is -0.147. The first-order valence-corrected chi connectivity index (χ1v) is 4.39. The summed E-state index contributed by atoms with van der Waals surface area (Å²) in [6.07, 6.45) is 10.1. The van der Waals surface area contributed by atoms with Crippen molar-refractivity contribution in [1.29, 1.82) is 0 Å². The van der Waals surface area contributed by atoms with Gasteiger partial charge in [-0.05, 0) is 24.8 Å². The quantitative estimate of drug-likeness (QED) is 0.398. The third-order valence-electron chi connectivity index (χ3n) is 3.17. The molecular weight excluding hydrogens is 152 g/mol.